The van der Waals surface area contributed by atoms with Crippen molar-refractivity contribution in [2.24, 2.45) is 0 Å². The Morgan fingerprint density at radius 2 is 2.26 bits per heavy atom. The number of aromatic nitrogens is 1. The van der Waals surface area contributed by atoms with Gasteiger partial charge in [0, 0.05) is 11.1 Å². The van der Waals surface area contributed by atoms with Crippen LogP contribution in [-0.4, -0.2) is 24.5 Å². The Hall–Kier alpha value is -1.64. The lowest BCUT2D eigenvalue weighted by molar-refractivity contribution is 0.0691. The van der Waals surface area contributed by atoms with E-state index in [0.29, 0.717) is 0 Å². The highest BCUT2D eigenvalue weighted by molar-refractivity contribution is 7.89. The molecule has 0 aliphatic rings. The van der Waals surface area contributed by atoms with Crippen LogP contribution in [0.15, 0.2) is 34.7 Å². The molecule has 0 saturated heterocycles. The highest BCUT2D eigenvalue weighted by atomic mass is 32.2. The summed E-state index contributed by atoms with van der Waals surface area (Å²) >= 11 is 1.45. The van der Waals surface area contributed by atoms with Gasteiger partial charge in [0.2, 0.25) is 10.0 Å². The van der Waals surface area contributed by atoms with Crippen LogP contribution >= 0.6 is 11.3 Å². The first-order valence-electron chi connectivity index (χ1n) is 5.37. The molecule has 102 valence electrons. The van der Waals surface area contributed by atoms with Gasteiger partial charge in [-0.15, -0.1) is 11.3 Å². The van der Waals surface area contributed by atoms with Gasteiger partial charge in [-0.3, -0.25) is 0 Å². The predicted octanol–water partition coefficient (Wildman–Crippen LogP) is 1.81. The highest BCUT2D eigenvalue weighted by Gasteiger charge is 2.21. The van der Waals surface area contributed by atoms with Gasteiger partial charge in [0.05, 0.1) is 6.04 Å². The van der Waals surface area contributed by atoms with Gasteiger partial charge < -0.3 is 10.1 Å². The summed E-state index contributed by atoms with van der Waals surface area (Å²) in [5, 5.41) is 10.6. The molecule has 0 saturated carbocycles. The van der Waals surface area contributed by atoms with E-state index in [1.165, 1.54) is 11.3 Å². The molecule has 2 rings (SSSR count). The third-order valence-corrected chi connectivity index (χ3v) is 5.07. The monoisotopic (exact) mass is 300 g/mol. The highest BCUT2D eigenvalue weighted by Crippen LogP contribution is 2.21. The topological polar surface area (TPSA) is 99.3 Å². The number of sulfonamides is 1. The van der Waals surface area contributed by atoms with Crippen molar-refractivity contribution in [3.63, 3.8) is 0 Å². The van der Waals surface area contributed by atoms with E-state index in [0.717, 1.165) is 17.1 Å². The smallest absolute Gasteiger partial charge is 0.352 e. The third kappa shape index (κ3) is 3.03. The van der Waals surface area contributed by atoms with Crippen LogP contribution in [0.25, 0.3) is 0 Å². The molecular weight excluding hydrogens is 288 g/mol. The van der Waals surface area contributed by atoms with Gasteiger partial charge in [0.25, 0.3) is 0 Å². The van der Waals surface area contributed by atoms with Crippen molar-refractivity contribution >= 4 is 27.3 Å². The standard InChI is InChI=1S/C11H12N2O4S2/c1-7(10-3-2-4-18-10)13-19(16,17)8-5-9(11(14)15)12-6-8/h2-7,12-13H,1H3,(H,14,15)/t7-/m0/s1. The van der Waals surface area contributed by atoms with Crippen LogP contribution in [0.2, 0.25) is 0 Å². The molecule has 0 unspecified atom stereocenters. The Balaban J connectivity index is 2.20. The molecule has 19 heavy (non-hydrogen) atoms. The van der Waals surface area contributed by atoms with Crippen LogP contribution in [-0.2, 0) is 10.0 Å². The normalized spacial score (nSPS) is 13.3. The number of carboxylic acid groups (broad SMARTS) is 1. The van der Waals surface area contributed by atoms with Gasteiger partial charge in [-0.1, -0.05) is 6.07 Å². The molecule has 0 bridgehead atoms. The molecule has 2 aromatic heterocycles. The van der Waals surface area contributed by atoms with E-state index < -0.39 is 16.0 Å². The van der Waals surface area contributed by atoms with Crippen molar-refractivity contribution < 1.29 is 18.3 Å². The van der Waals surface area contributed by atoms with Crippen molar-refractivity contribution in [3.8, 4) is 0 Å². The molecule has 1 atom stereocenters. The van der Waals surface area contributed by atoms with Crippen LogP contribution in [0.5, 0.6) is 0 Å². The van der Waals surface area contributed by atoms with E-state index in [4.69, 9.17) is 5.11 Å². The van der Waals surface area contributed by atoms with Gasteiger partial charge in [-0.2, -0.15) is 0 Å². The average molecular weight is 300 g/mol. The number of aromatic amines is 1. The molecule has 6 nitrogen and oxygen atoms in total. The van der Waals surface area contributed by atoms with Crippen molar-refractivity contribution in [1.82, 2.24) is 9.71 Å². The van der Waals surface area contributed by atoms with Crippen molar-refractivity contribution in [1.29, 1.82) is 0 Å². The Morgan fingerprint density at radius 3 is 2.79 bits per heavy atom. The Bertz CT molecular complexity index is 673. The fraction of sp³-hybridized carbons (Fsp3) is 0.182. The molecule has 2 heterocycles. The van der Waals surface area contributed by atoms with Crippen molar-refractivity contribution in [2.45, 2.75) is 17.9 Å². The molecule has 2 aromatic rings. The number of aromatic carboxylic acids is 1. The number of H-pyrrole nitrogens is 1. The van der Waals surface area contributed by atoms with E-state index in [2.05, 4.69) is 9.71 Å². The van der Waals surface area contributed by atoms with Crippen LogP contribution in [0, 0.1) is 0 Å². The number of rotatable bonds is 5. The lowest BCUT2D eigenvalue weighted by Gasteiger charge is -2.11. The minimum Gasteiger partial charge on any atom is -0.477 e. The largest absolute Gasteiger partial charge is 0.477 e. The number of hydrogen-bond acceptors (Lipinski definition) is 4. The first kappa shape index (κ1) is 13.8. The van der Waals surface area contributed by atoms with Crippen molar-refractivity contribution in [3.05, 3.63) is 40.3 Å². The minimum absolute atomic E-state index is 0.0895. The molecule has 0 aromatic carbocycles. The fourth-order valence-corrected chi connectivity index (χ4v) is 3.57. The Kier molecular flexibility index (Phi) is 3.74. The summed E-state index contributed by atoms with van der Waals surface area (Å²) in [5.41, 5.74) is -0.163. The molecule has 8 heteroatoms. The zero-order chi connectivity index (χ0) is 14.0. The molecule has 3 N–H and O–H groups in total. The quantitative estimate of drug-likeness (QED) is 0.784. The molecule has 0 amide bonds. The average Bonchev–Trinajstić information content (AvgIpc) is 3.00. The second-order valence-corrected chi connectivity index (χ2v) is 6.61. The summed E-state index contributed by atoms with van der Waals surface area (Å²) in [6, 6.07) is 4.39. The van der Waals surface area contributed by atoms with E-state index in [1.807, 2.05) is 17.5 Å². The first-order chi connectivity index (χ1) is 8.90. The van der Waals surface area contributed by atoms with Crippen molar-refractivity contribution in [2.75, 3.05) is 0 Å². The van der Waals surface area contributed by atoms with Crippen LogP contribution in [0.3, 0.4) is 0 Å². The molecule has 0 aliphatic carbocycles. The maximum absolute atomic E-state index is 12.1. The summed E-state index contributed by atoms with van der Waals surface area (Å²) in [5.74, 6) is -1.20. The summed E-state index contributed by atoms with van der Waals surface area (Å²) in [7, 11) is -3.74. The van der Waals surface area contributed by atoms with E-state index >= 15 is 0 Å². The molecule has 0 spiro atoms. The van der Waals surface area contributed by atoms with Gasteiger partial charge in [-0.25, -0.2) is 17.9 Å². The predicted molar refractivity (Wildman–Crippen MR) is 70.8 cm³/mol. The number of thiophene rings is 1. The number of carbonyl (C=O) groups is 1. The minimum atomic E-state index is -3.74. The van der Waals surface area contributed by atoms with Gasteiger partial charge in [0.15, 0.2) is 0 Å². The van der Waals surface area contributed by atoms with Gasteiger partial charge in [0.1, 0.15) is 10.6 Å². The van der Waals surface area contributed by atoms with Crippen LogP contribution < -0.4 is 4.72 Å². The number of hydrogen-bond donors (Lipinski definition) is 3. The zero-order valence-corrected chi connectivity index (χ0v) is 11.6. The Morgan fingerprint density at radius 1 is 1.53 bits per heavy atom. The summed E-state index contributed by atoms with van der Waals surface area (Å²) in [6.45, 7) is 1.73. The van der Waals surface area contributed by atoms with E-state index in [1.54, 1.807) is 6.92 Å². The van der Waals surface area contributed by atoms with Gasteiger partial charge >= 0.3 is 5.97 Å². The summed E-state index contributed by atoms with van der Waals surface area (Å²) < 4.78 is 26.6. The number of carboxylic acids is 1. The maximum atomic E-state index is 12.1. The van der Waals surface area contributed by atoms with Gasteiger partial charge in [-0.05, 0) is 24.4 Å². The first-order valence-corrected chi connectivity index (χ1v) is 7.74. The third-order valence-electron chi connectivity index (χ3n) is 2.50. The molecule has 0 radical (unpaired) electrons. The van der Waals surface area contributed by atoms with E-state index in [9.17, 15) is 13.2 Å². The maximum Gasteiger partial charge on any atom is 0.352 e. The second kappa shape index (κ2) is 5.16. The lowest BCUT2D eigenvalue weighted by Crippen LogP contribution is -2.26. The molecule has 0 aliphatic heterocycles. The lowest BCUT2D eigenvalue weighted by atomic mass is 10.3. The Labute approximate surface area is 114 Å². The number of nitrogens with one attached hydrogen (secondary N) is 2. The second-order valence-electron chi connectivity index (χ2n) is 3.91. The van der Waals surface area contributed by atoms with Crippen LogP contribution in [0.4, 0.5) is 0 Å². The SMILES string of the molecule is C[C@H](NS(=O)(=O)c1c[nH]c(C(=O)O)c1)c1cccs1. The molecule has 0 fully saturated rings. The summed E-state index contributed by atoms with van der Waals surface area (Å²) in [6.07, 6.45) is 1.16. The molecular formula is C11H12N2O4S2. The van der Waals surface area contributed by atoms with Crippen LogP contribution in [0.1, 0.15) is 28.3 Å². The zero-order valence-electron chi connectivity index (χ0n) is 9.95. The fourth-order valence-electron chi connectivity index (χ4n) is 1.55. The van der Waals surface area contributed by atoms with E-state index in [-0.39, 0.29) is 16.6 Å². The summed E-state index contributed by atoms with van der Waals surface area (Å²) in [4.78, 5) is 13.9.